The average molecular weight is 406 g/mol. The Hall–Kier alpha value is -2.02. The van der Waals surface area contributed by atoms with Crippen LogP contribution in [0, 0.1) is 0 Å². The van der Waals surface area contributed by atoms with Gasteiger partial charge >= 0.3 is 0 Å². The Morgan fingerprint density at radius 1 is 1.19 bits per heavy atom. The van der Waals surface area contributed by atoms with E-state index in [0.717, 1.165) is 11.1 Å². The van der Waals surface area contributed by atoms with Crippen molar-refractivity contribution in [2.24, 2.45) is 0 Å². The van der Waals surface area contributed by atoms with Crippen LogP contribution in [0.2, 0.25) is 5.02 Å². The fourth-order valence-electron chi connectivity index (χ4n) is 2.51. The number of nitrogens with zero attached hydrogens (tertiary/aromatic N) is 1. The number of amides is 1. The summed E-state index contributed by atoms with van der Waals surface area (Å²) < 4.78 is 11.1. The fraction of sp³-hybridized carbons (Fsp3) is 0.158. The summed E-state index contributed by atoms with van der Waals surface area (Å²) in [6.45, 7) is 0.349. The van der Waals surface area contributed by atoms with Crippen LogP contribution in [-0.2, 0) is 11.3 Å². The van der Waals surface area contributed by atoms with E-state index in [0.29, 0.717) is 32.3 Å². The molecule has 0 radical (unpaired) electrons. The van der Waals surface area contributed by atoms with Crippen molar-refractivity contribution in [3.05, 3.63) is 63.5 Å². The minimum atomic E-state index is -0.141. The zero-order valence-electron chi connectivity index (χ0n) is 14.2. The first-order valence-electron chi connectivity index (χ1n) is 7.74. The van der Waals surface area contributed by atoms with E-state index < -0.39 is 0 Å². The SMILES string of the molecule is COc1ccc(C=C2SC(=S)N(Cc3ccccc3Cl)C2=O)c(OC)c1. The Balaban J connectivity index is 1.87. The maximum Gasteiger partial charge on any atom is 0.266 e. The normalized spacial score (nSPS) is 15.7. The fourth-order valence-corrected chi connectivity index (χ4v) is 3.95. The molecule has 1 saturated heterocycles. The number of thiocarbonyl (C=S) groups is 1. The molecule has 0 aliphatic carbocycles. The summed E-state index contributed by atoms with van der Waals surface area (Å²) in [6.07, 6.45) is 1.78. The second-order valence-corrected chi connectivity index (χ2v) is 7.55. The minimum Gasteiger partial charge on any atom is -0.497 e. The number of benzene rings is 2. The van der Waals surface area contributed by atoms with Crippen LogP contribution < -0.4 is 9.47 Å². The standard InChI is InChI=1S/C19H16ClNO3S2/c1-23-14-8-7-12(16(10-14)24-2)9-17-18(22)21(19(25)26-17)11-13-5-3-4-6-15(13)20/h3-10H,11H2,1-2H3. The lowest BCUT2D eigenvalue weighted by molar-refractivity contribution is -0.122. The molecule has 0 N–H and O–H groups in total. The number of methoxy groups -OCH3 is 2. The zero-order valence-corrected chi connectivity index (χ0v) is 16.6. The molecule has 0 bridgehead atoms. The molecule has 0 unspecified atom stereocenters. The Morgan fingerprint density at radius 2 is 1.96 bits per heavy atom. The summed E-state index contributed by atoms with van der Waals surface area (Å²) in [4.78, 5) is 14.9. The molecule has 1 fully saturated rings. The first-order chi connectivity index (χ1) is 12.5. The second kappa shape index (κ2) is 8.12. The van der Waals surface area contributed by atoms with E-state index in [1.54, 1.807) is 37.3 Å². The minimum absolute atomic E-state index is 0.141. The van der Waals surface area contributed by atoms with Crippen molar-refractivity contribution in [1.82, 2.24) is 4.90 Å². The van der Waals surface area contributed by atoms with Crippen molar-refractivity contribution >= 4 is 51.9 Å². The molecule has 7 heteroatoms. The average Bonchev–Trinajstić information content (AvgIpc) is 2.91. The monoisotopic (exact) mass is 405 g/mol. The third-order valence-electron chi connectivity index (χ3n) is 3.89. The summed E-state index contributed by atoms with van der Waals surface area (Å²) >= 11 is 12.9. The summed E-state index contributed by atoms with van der Waals surface area (Å²) in [5, 5.41) is 0.613. The molecule has 0 saturated carbocycles. The molecule has 26 heavy (non-hydrogen) atoms. The molecule has 3 rings (SSSR count). The Labute approximate surface area is 166 Å². The summed E-state index contributed by atoms with van der Waals surface area (Å²) in [5.41, 5.74) is 1.64. The van der Waals surface area contributed by atoms with E-state index in [4.69, 9.17) is 33.3 Å². The van der Waals surface area contributed by atoms with E-state index in [2.05, 4.69) is 0 Å². The Kier molecular flexibility index (Phi) is 5.86. The molecule has 4 nitrogen and oxygen atoms in total. The maximum absolute atomic E-state index is 12.8. The third kappa shape index (κ3) is 3.87. The summed E-state index contributed by atoms with van der Waals surface area (Å²) in [5.74, 6) is 1.17. The van der Waals surface area contributed by atoms with Crippen molar-refractivity contribution < 1.29 is 14.3 Å². The summed E-state index contributed by atoms with van der Waals surface area (Å²) in [6, 6.07) is 12.9. The van der Waals surface area contributed by atoms with Gasteiger partial charge in [-0.1, -0.05) is 53.8 Å². The van der Waals surface area contributed by atoms with Crippen LogP contribution in [0.4, 0.5) is 0 Å². The molecule has 1 heterocycles. The highest BCUT2D eigenvalue weighted by Gasteiger charge is 2.32. The predicted octanol–water partition coefficient (Wildman–Crippen LogP) is 4.76. The quantitative estimate of drug-likeness (QED) is 0.529. The lowest BCUT2D eigenvalue weighted by Gasteiger charge is -2.15. The molecule has 1 amide bonds. The van der Waals surface area contributed by atoms with E-state index in [1.807, 2.05) is 30.3 Å². The molecule has 1 aliphatic heterocycles. The number of carbonyl (C=O) groups excluding carboxylic acids is 1. The van der Waals surface area contributed by atoms with Crippen molar-refractivity contribution in [2.75, 3.05) is 14.2 Å². The molecular formula is C19H16ClNO3S2. The van der Waals surface area contributed by atoms with Crippen molar-refractivity contribution in [2.45, 2.75) is 6.54 Å². The van der Waals surface area contributed by atoms with Gasteiger partial charge in [0.05, 0.1) is 25.7 Å². The van der Waals surface area contributed by atoms with Gasteiger partial charge in [-0.05, 0) is 29.8 Å². The van der Waals surface area contributed by atoms with Crippen LogP contribution in [0.25, 0.3) is 6.08 Å². The van der Waals surface area contributed by atoms with Crippen molar-refractivity contribution in [3.63, 3.8) is 0 Å². The van der Waals surface area contributed by atoms with E-state index in [-0.39, 0.29) is 5.91 Å². The number of halogens is 1. The first kappa shape index (κ1) is 18.8. The van der Waals surface area contributed by atoms with Crippen LogP contribution in [0.1, 0.15) is 11.1 Å². The third-order valence-corrected chi connectivity index (χ3v) is 5.63. The molecule has 2 aromatic carbocycles. The van der Waals surface area contributed by atoms with Crippen LogP contribution in [-0.4, -0.2) is 29.3 Å². The number of hydrogen-bond acceptors (Lipinski definition) is 5. The van der Waals surface area contributed by atoms with Gasteiger partial charge in [0.15, 0.2) is 0 Å². The van der Waals surface area contributed by atoms with Crippen LogP contribution in [0.5, 0.6) is 11.5 Å². The molecule has 2 aromatic rings. The van der Waals surface area contributed by atoms with Crippen molar-refractivity contribution in [3.8, 4) is 11.5 Å². The molecule has 0 atom stereocenters. The number of thioether (sulfide) groups is 1. The van der Waals surface area contributed by atoms with Gasteiger partial charge in [-0.15, -0.1) is 0 Å². The van der Waals surface area contributed by atoms with Gasteiger partial charge < -0.3 is 9.47 Å². The van der Waals surface area contributed by atoms with E-state index in [9.17, 15) is 4.79 Å². The Morgan fingerprint density at radius 3 is 2.65 bits per heavy atom. The van der Waals surface area contributed by atoms with E-state index in [1.165, 1.54) is 11.8 Å². The molecule has 0 spiro atoms. The van der Waals surface area contributed by atoms with Gasteiger partial charge in [0, 0.05) is 16.7 Å². The highest BCUT2D eigenvalue weighted by molar-refractivity contribution is 8.26. The lowest BCUT2D eigenvalue weighted by atomic mass is 10.1. The Bertz CT molecular complexity index is 898. The highest BCUT2D eigenvalue weighted by atomic mass is 35.5. The number of hydrogen-bond donors (Lipinski definition) is 0. The molecule has 1 aliphatic rings. The van der Waals surface area contributed by atoms with Crippen LogP contribution in [0.3, 0.4) is 0 Å². The van der Waals surface area contributed by atoms with E-state index >= 15 is 0 Å². The zero-order chi connectivity index (χ0) is 18.7. The number of carbonyl (C=O) groups is 1. The van der Waals surface area contributed by atoms with Crippen LogP contribution >= 0.6 is 35.6 Å². The first-order valence-corrected chi connectivity index (χ1v) is 9.34. The topological polar surface area (TPSA) is 38.8 Å². The smallest absolute Gasteiger partial charge is 0.266 e. The largest absolute Gasteiger partial charge is 0.497 e. The lowest BCUT2D eigenvalue weighted by Crippen LogP contribution is -2.27. The molecule has 0 aromatic heterocycles. The summed E-state index contributed by atoms with van der Waals surface area (Å²) in [7, 11) is 3.17. The van der Waals surface area contributed by atoms with Gasteiger partial charge in [0.25, 0.3) is 5.91 Å². The number of rotatable bonds is 5. The van der Waals surface area contributed by atoms with Crippen molar-refractivity contribution in [1.29, 1.82) is 0 Å². The van der Waals surface area contributed by atoms with Crippen LogP contribution in [0.15, 0.2) is 47.4 Å². The molecular weight excluding hydrogens is 390 g/mol. The second-order valence-electron chi connectivity index (χ2n) is 5.47. The van der Waals surface area contributed by atoms with Gasteiger partial charge in [-0.3, -0.25) is 9.69 Å². The number of ether oxygens (including phenoxy) is 2. The van der Waals surface area contributed by atoms with Gasteiger partial charge in [-0.25, -0.2) is 0 Å². The highest BCUT2D eigenvalue weighted by Crippen LogP contribution is 2.36. The van der Waals surface area contributed by atoms with Gasteiger partial charge in [0.2, 0.25) is 0 Å². The molecule has 134 valence electrons. The predicted molar refractivity (Wildman–Crippen MR) is 110 cm³/mol. The maximum atomic E-state index is 12.8. The van der Waals surface area contributed by atoms with Gasteiger partial charge in [0.1, 0.15) is 15.8 Å². The van der Waals surface area contributed by atoms with Gasteiger partial charge in [-0.2, -0.15) is 0 Å².